The van der Waals surface area contributed by atoms with Gasteiger partial charge in [-0.25, -0.2) is 9.18 Å². The van der Waals surface area contributed by atoms with Crippen molar-refractivity contribution in [1.29, 1.82) is 0 Å². The molecule has 1 aromatic heterocycles. The first kappa shape index (κ1) is 22.6. The Labute approximate surface area is 173 Å². The number of aryl methyl sites for hydroxylation is 1. The van der Waals surface area contributed by atoms with Crippen LogP contribution in [0.2, 0.25) is 0 Å². The lowest BCUT2D eigenvalue weighted by atomic mass is 9.99. The molecule has 0 saturated heterocycles. The largest absolute Gasteiger partial charge is 0.462 e. The second-order valence-electron chi connectivity index (χ2n) is 7.08. The molecular formula is C25H30FNO2. The lowest BCUT2D eigenvalue weighted by Gasteiger charge is -2.14. The maximum Gasteiger partial charge on any atom is 0.340 e. The second-order valence-corrected chi connectivity index (χ2v) is 7.08. The Balaban J connectivity index is 2.22. The summed E-state index contributed by atoms with van der Waals surface area (Å²) < 4.78 is 19.3. The molecule has 0 amide bonds. The summed E-state index contributed by atoms with van der Waals surface area (Å²) in [5.74, 6) is 5.87. The normalized spacial score (nSPS) is 11.5. The Kier molecular flexibility index (Phi) is 8.86. The third-order valence-corrected chi connectivity index (χ3v) is 4.71. The molecule has 0 unspecified atom stereocenters. The minimum atomic E-state index is -1.30. The monoisotopic (exact) mass is 395 g/mol. The first-order valence-electron chi connectivity index (χ1n) is 10.4. The number of aromatic nitrogens is 1. The SMILES string of the molecule is CCCCCCC#Cc1ccc(-c2cc([C@@H](C)F)c(C(=O)OCC)c(C)n2)cc1. The number of hydrogen-bond donors (Lipinski definition) is 0. The van der Waals surface area contributed by atoms with Gasteiger partial charge in [0.15, 0.2) is 0 Å². The number of ether oxygens (including phenoxy) is 1. The summed E-state index contributed by atoms with van der Waals surface area (Å²) in [6.45, 7) is 7.29. The molecule has 0 aliphatic rings. The Morgan fingerprint density at radius 3 is 2.52 bits per heavy atom. The van der Waals surface area contributed by atoms with E-state index in [-0.39, 0.29) is 12.2 Å². The third-order valence-electron chi connectivity index (χ3n) is 4.71. The van der Waals surface area contributed by atoms with Gasteiger partial charge < -0.3 is 4.74 Å². The number of benzene rings is 1. The lowest BCUT2D eigenvalue weighted by Crippen LogP contribution is -2.12. The molecule has 154 valence electrons. The second kappa shape index (κ2) is 11.4. The molecule has 0 spiro atoms. The van der Waals surface area contributed by atoms with E-state index in [9.17, 15) is 9.18 Å². The zero-order valence-electron chi connectivity index (χ0n) is 17.8. The van der Waals surface area contributed by atoms with Gasteiger partial charge in [-0.3, -0.25) is 4.98 Å². The predicted molar refractivity (Wildman–Crippen MR) is 116 cm³/mol. The van der Waals surface area contributed by atoms with E-state index in [2.05, 4.69) is 23.7 Å². The fourth-order valence-corrected chi connectivity index (χ4v) is 3.16. The van der Waals surface area contributed by atoms with Crippen LogP contribution >= 0.6 is 0 Å². The molecule has 29 heavy (non-hydrogen) atoms. The van der Waals surface area contributed by atoms with Crippen LogP contribution in [0, 0.1) is 18.8 Å². The summed E-state index contributed by atoms with van der Waals surface area (Å²) in [6, 6.07) is 9.39. The standard InChI is InChI=1S/C25H30FNO2/c1-5-7-8-9-10-11-12-20-13-15-21(16-14-20)23-17-22(18(3)26)24(19(4)27-23)25(28)29-6-2/h13-18H,5-10H2,1-4H3/t18-/m1/s1. The molecule has 1 aromatic carbocycles. The summed E-state index contributed by atoms with van der Waals surface area (Å²) in [6.07, 6.45) is 4.47. The molecule has 0 aliphatic heterocycles. The molecule has 0 N–H and O–H groups in total. The number of nitrogens with zero attached hydrogens (tertiary/aromatic N) is 1. The minimum Gasteiger partial charge on any atom is -0.462 e. The van der Waals surface area contributed by atoms with Crippen LogP contribution in [-0.4, -0.2) is 17.6 Å². The Hall–Kier alpha value is -2.67. The number of alkyl halides is 1. The summed E-state index contributed by atoms with van der Waals surface area (Å²) in [7, 11) is 0. The van der Waals surface area contributed by atoms with Gasteiger partial charge in [-0.15, -0.1) is 0 Å². The summed E-state index contributed by atoms with van der Waals surface area (Å²) in [4.78, 5) is 16.7. The van der Waals surface area contributed by atoms with Crippen LogP contribution in [-0.2, 0) is 4.74 Å². The van der Waals surface area contributed by atoms with Crippen molar-refractivity contribution < 1.29 is 13.9 Å². The van der Waals surface area contributed by atoms with Gasteiger partial charge in [-0.05, 0) is 45.4 Å². The van der Waals surface area contributed by atoms with Crippen LogP contribution in [0.5, 0.6) is 0 Å². The molecule has 0 fully saturated rings. The fourth-order valence-electron chi connectivity index (χ4n) is 3.16. The van der Waals surface area contributed by atoms with E-state index in [1.165, 1.54) is 26.2 Å². The zero-order chi connectivity index (χ0) is 21.2. The molecule has 2 rings (SSSR count). The van der Waals surface area contributed by atoms with Gasteiger partial charge in [0.05, 0.1) is 23.6 Å². The highest BCUT2D eigenvalue weighted by molar-refractivity contribution is 5.93. The average Bonchev–Trinajstić information content (AvgIpc) is 2.70. The highest BCUT2D eigenvalue weighted by Crippen LogP contribution is 2.29. The average molecular weight is 396 g/mol. The quantitative estimate of drug-likeness (QED) is 0.288. The number of carbonyl (C=O) groups excluding carboxylic acids is 1. The van der Waals surface area contributed by atoms with E-state index >= 15 is 0 Å². The van der Waals surface area contributed by atoms with Crippen LogP contribution in [0.25, 0.3) is 11.3 Å². The third kappa shape index (κ3) is 6.42. The van der Waals surface area contributed by atoms with E-state index in [1.807, 2.05) is 24.3 Å². The van der Waals surface area contributed by atoms with E-state index in [1.54, 1.807) is 19.9 Å². The maximum absolute atomic E-state index is 14.2. The van der Waals surface area contributed by atoms with Gasteiger partial charge in [-0.2, -0.15) is 0 Å². The number of halogens is 1. The number of pyridine rings is 1. The van der Waals surface area contributed by atoms with Crippen molar-refractivity contribution in [2.75, 3.05) is 6.61 Å². The Morgan fingerprint density at radius 2 is 1.90 bits per heavy atom. The molecule has 0 radical (unpaired) electrons. The highest BCUT2D eigenvalue weighted by atomic mass is 19.1. The fraction of sp³-hybridized carbons (Fsp3) is 0.440. The van der Waals surface area contributed by atoms with Gasteiger partial charge in [0.25, 0.3) is 0 Å². The first-order chi connectivity index (χ1) is 14.0. The van der Waals surface area contributed by atoms with E-state index in [0.29, 0.717) is 17.0 Å². The van der Waals surface area contributed by atoms with Crippen LogP contribution in [0.15, 0.2) is 30.3 Å². The molecular weight excluding hydrogens is 365 g/mol. The minimum absolute atomic E-state index is 0.219. The number of carbonyl (C=O) groups is 1. The van der Waals surface area contributed by atoms with Crippen LogP contribution in [0.1, 0.15) is 86.2 Å². The van der Waals surface area contributed by atoms with Gasteiger partial charge in [0.1, 0.15) is 6.17 Å². The molecule has 1 atom stereocenters. The van der Waals surface area contributed by atoms with Crippen molar-refractivity contribution in [3.63, 3.8) is 0 Å². The summed E-state index contributed by atoms with van der Waals surface area (Å²) in [5.41, 5.74) is 3.44. The van der Waals surface area contributed by atoms with Gasteiger partial charge in [0.2, 0.25) is 0 Å². The Morgan fingerprint density at radius 1 is 1.17 bits per heavy atom. The van der Waals surface area contributed by atoms with Gasteiger partial charge in [-0.1, -0.05) is 50.2 Å². The van der Waals surface area contributed by atoms with E-state index < -0.39 is 12.1 Å². The van der Waals surface area contributed by atoms with Crippen LogP contribution < -0.4 is 0 Å². The summed E-state index contributed by atoms with van der Waals surface area (Å²) in [5, 5.41) is 0. The molecule has 3 nitrogen and oxygen atoms in total. The van der Waals surface area contributed by atoms with Crippen molar-refractivity contribution in [3.8, 4) is 23.1 Å². The number of rotatable bonds is 8. The molecule has 1 heterocycles. The lowest BCUT2D eigenvalue weighted by molar-refractivity contribution is 0.0521. The molecule has 0 aliphatic carbocycles. The molecule has 4 heteroatoms. The maximum atomic E-state index is 14.2. The smallest absolute Gasteiger partial charge is 0.340 e. The molecule has 0 bridgehead atoms. The van der Waals surface area contributed by atoms with Crippen molar-refractivity contribution in [2.45, 2.75) is 66.0 Å². The van der Waals surface area contributed by atoms with Crippen molar-refractivity contribution in [1.82, 2.24) is 4.98 Å². The van der Waals surface area contributed by atoms with Crippen LogP contribution in [0.3, 0.4) is 0 Å². The van der Waals surface area contributed by atoms with Crippen LogP contribution in [0.4, 0.5) is 4.39 Å². The molecule has 2 aromatic rings. The first-order valence-corrected chi connectivity index (χ1v) is 10.4. The number of hydrogen-bond acceptors (Lipinski definition) is 3. The molecule has 0 saturated carbocycles. The predicted octanol–water partition coefficient (Wildman–Crippen LogP) is 6.59. The highest BCUT2D eigenvalue weighted by Gasteiger charge is 2.22. The van der Waals surface area contributed by atoms with Crippen molar-refractivity contribution in [2.24, 2.45) is 0 Å². The van der Waals surface area contributed by atoms with Gasteiger partial charge >= 0.3 is 5.97 Å². The van der Waals surface area contributed by atoms with E-state index in [0.717, 1.165) is 24.0 Å². The van der Waals surface area contributed by atoms with Gasteiger partial charge in [0, 0.05) is 23.1 Å². The zero-order valence-corrected chi connectivity index (χ0v) is 17.8. The summed E-state index contributed by atoms with van der Waals surface area (Å²) >= 11 is 0. The van der Waals surface area contributed by atoms with Crippen molar-refractivity contribution >= 4 is 5.97 Å². The topological polar surface area (TPSA) is 39.2 Å². The van der Waals surface area contributed by atoms with E-state index in [4.69, 9.17) is 4.74 Å². The number of esters is 1. The number of unbranched alkanes of at least 4 members (excludes halogenated alkanes) is 4. The Bertz CT molecular complexity index is 876. The van der Waals surface area contributed by atoms with Crippen molar-refractivity contribution in [3.05, 3.63) is 52.7 Å².